The Labute approximate surface area is 104 Å². The van der Waals surface area contributed by atoms with Crippen molar-refractivity contribution in [2.75, 3.05) is 18.0 Å². The molecule has 1 N–H and O–H groups in total. The molecule has 0 atom stereocenters. The number of aliphatic hydroxyl groups is 1. The van der Waals surface area contributed by atoms with Gasteiger partial charge in [0, 0.05) is 13.1 Å². The summed E-state index contributed by atoms with van der Waals surface area (Å²) in [4.78, 5) is 5.80. The molecule has 90 valence electrons. The van der Waals surface area contributed by atoms with Crippen molar-refractivity contribution >= 4 is 29.0 Å². The lowest BCUT2D eigenvalue weighted by Crippen LogP contribution is -2.39. The van der Waals surface area contributed by atoms with Gasteiger partial charge in [0.2, 0.25) is 5.28 Å². The first-order valence-corrected chi connectivity index (χ1v) is 5.62. The van der Waals surface area contributed by atoms with Crippen LogP contribution in [0.25, 0.3) is 0 Å². The molecule has 0 fully saturated rings. The quantitative estimate of drug-likeness (QED) is 0.899. The molecule has 1 heterocycles. The number of hydrogen-bond donors (Lipinski definition) is 1. The lowest BCUT2D eigenvalue weighted by molar-refractivity contribution is 0.0874. The van der Waals surface area contributed by atoms with Crippen LogP contribution >= 0.6 is 23.2 Å². The van der Waals surface area contributed by atoms with Gasteiger partial charge in [-0.15, -0.1) is 10.2 Å². The molecule has 1 aromatic heterocycles. The van der Waals surface area contributed by atoms with Gasteiger partial charge in [0.1, 0.15) is 0 Å². The van der Waals surface area contributed by atoms with E-state index in [-0.39, 0.29) is 10.4 Å². The van der Waals surface area contributed by atoms with Gasteiger partial charge in [0.05, 0.1) is 5.60 Å². The number of hydrogen-bond acceptors (Lipinski definition) is 5. The Morgan fingerprint density at radius 3 is 2.44 bits per heavy atom. The van der Waals surface area contributed by atoms with Crippen LogP contribution in [0.3, 0.4) is 0 Å². The summed E-state index contributed by atoms with van der Waals surface area (Å²) in [7, 11) is 0. The van der Waals surface area contributed by atoms with E-state index < -0.39 is 5.60 Å². The Hall–Kier alpha value is -0.650. The molecule has 0 saturated heterocycles. The second-order valence-electron chi connectivity index (χ2n) is 4.02. The molecule has 0 bridgehead atoms. The lowest BCUT2D eigenvalue weighted by atomic mass is 10.1. The fraction of sp³-hybridized carbons (Fsp3) is 0.667. The van der Waals surface area contributed by atoms with Crippen molar-refractivity contribution in [3.63, 3.8) is 0 Å². The molecule has 0 spiro atoms. The van der Waals surface area contributed by atoms with Gasteiger partial charge < -0.3 is 10.0 Å². The van der Waals surface area contributed by atoms with E-state index in [2.05, 4.69) is 15.2 Å². The predicted octanol–water partition coefficient (Wildman–Crippen LogP) is 1.78. The van der Waals surface area contributed by atoms with Crippen molar-refractivity contribution in [3.8, 4) is 0 Å². The second-order valence-corrected chi connectivity index (χ2v) is 4.72. The zero-order chi connectivity index (χ0) is 12.3. The molecule has 5 nitrogen and oxygen atoms in total. The molecule has 1 rings (SSSR count). The van der Waals surface area contributed by atoms with E-state index in [4.69, 9.17) is 23.2 Å². The van der Waals surface area contributed by atoms with Crippen LogP contribution in [0.1, 0.15) is 20.8 Å². The maximum atomic E-state index is 9.76. The normalized spacial score (nSPS) is 11.6. The number of likely N-dealkylation sites (N-methyl/N-ethyl adjacent to an activating group) is 1. The van der Waals surface area contributed by atoms with E-state index >= 15 is 0 Å². The Morgan fingerprint density at radius 2 is 1.94 bits per heavy atom. The summed E-state index contributed by atoms with van der Waals surface area (Å²) >= 11 is 11.5. The summed E-state index contributed by atoms with van der Waals surface area (Å²) in [6.07, 6.45) is 0. The second kappa shape index (κ2) is 5.12. The Bertz CT molecular complexity index is 367. The molecular weight excluding hydrogens is 251 g/mol. The van der Waals surface area contributed by atoms with Crippen LogP contribution < -0.4 is 4.90 Å². The van der Waals surface area contributed by atoms with Crippen molar-refractivity contribution in [2.45, 2.75) is 26.4 Å². The Balaban J connectivity index is 2.99. The SMILES string of the molecule is CCN(CC(C)(C)O)c1nc(Cl)nnc1Cl. The van der Waals surface area contributed by atoms with E-state index in [1.54, 1.807) is 18.7 Å². The van der Waals surface area contributed by atoms with Crippen LogP contribution in [0.5, 0.6) is 0 Å². The van der Waals surface area contributed by atoms with Gasteiger partial charge in [-0.25, -0.2) is 0 Å². The topological polar surface area (TPSA) is 62.1 Å². The van der Waals surface area contributed by atoms with Crippen LogP contribution in [0.4, 0.5) is 5.82 Å². The van der Waals surface area contributed by atoms with Crippen LogP contribution in [0, 0.1) is 0 Å². The van der Waals surface area contributed by atoms with E-state index in [1.165, 1.54) is 0 Å². The number of anilines is 1. The molecule has 0 aromatic carbocycles. The predicted molar refractivity (Wildman–Crippen MR) is 64.0 cm³/mol. The first kappa shape index (κ1) is 13.4. The number of rotatable bonds is 4. The Kier molecular flexibility index (Phi) is 4.29. The van der Waals surface area contributed by atoms with Gasteiger partial charge in [0.25, 0.3) is 0 Å². The average Bonchev–Trinajstić information content (AvgIpc) is 2.17. The maximum Gasteiger partial charge on any atom is 0.245 e. The minimum absolute atomic E-state index is 0.0357. The number of nitrogens with zero attached hydrogens (tertiary/aromatic N) is 4. The molecular formula is C9H14Cl2N4O. The highest BCUT2D eigenvalue weighted by molar-refractivity contribution is 6.32. The summed E-state index contributed by atoms with van der Waals surface area (Å²) in [6.45, 7) is 6.37. The highest BCUT2D eigenvalue weighted by Crippen LogP contribution is 2.22. The summed E-state index contributed by atoms with van der Waals surface area (Å²) in [6, 6.07) is 0. The molecule has 7 heteroatoms. The van der Waals surface area contributed by atoms with Gasteiger partial charge in [0.15, 0.2) is 11.0 Å². The standard InChI is InChI=1S/C9H14Cl2N4O/c1-4-15(5-9(2,3)16)7-6(10)13-14-8(11)12-7/h16H,4-5H2,1-3H3. The number of halogens is 2. The minimum atomic E-state index is -0.850. The number of aromatic nitrogens is 3. The van der Waals surface area contributed by atoms with Gasteiger partial charge in [-0.1, -0.05) is 11.6 Å². The molecule has 0 aliphatic carbocycles. The zero-order valence-electron chi connectivity index (χ0n) is 9.41. The van der Waals surface area contributed by atoms with Gasteiger partial charge in [-0.2, -0.15) is 4.98 Å². The van der Waals surface area contributed by atoms with Gasteiger partial charge >= 0.3 is 0 Å². The summed E-state index contributed by atoms with van der Waals surface area (Å²) in [5.74, 6) is 0.436. The monoisotopic (exact) mass is 264 g/mol. The third kappa shape index (κ3) is 3.73. The molecule has 0 amide bonds. The Morgan fingerprint density at radius 1 is 1.31 bits per heavy atom. The van der Waals surface area contributed by atoms with Crippen molar-refractivity contribution in [1.29, 1.82) is 0 Å². The maximum absolute atomic E-state index is 9.76. The summed E-state index contributed by atoms with van der Waals surface area (Å²) in [5, 5.41) is 17.2. The molecule has 1 aromatic rings. The molecule has 0 radical (unpaired) electrons. The van der Waals surface area contributed by atoms with Crippen molar-refractivity contribution in [1.82, 2.24) is 15.2 Å². The molecule has 0 unspecified atom stereocenters. The largest absolute Gasteiger partial charge is 0.389 e. The van der Waals surface area contributed by atoms with Crippen molar-refractivity contribution < 1.29 is 5.11 Å². The van der Waals surface area contributed by atoms with E-state index in [0.717, 1.165) is 0 Å². The molecule has 0 saturated carbocycles. The fourth-order valence-corrected chi connectivity index (χ4v) is 1.61. The van der Waals surface area contributed by atoms with Crippen LogP contribution in [-0.2, 0) is 0 Å². The molecule has 16 heavy (non-hydrogen) atoms. The first-order chi connectivity index (χ1) is 7.33. The molecule has 0 aliphatic heterocycles. The van der Waals surface area contributed by atoms with Crippen LogP contribution in [-0.4, -0.2) is 39.0 Å². The first-order valence-electron chi connectivity index (χ1n) is 4.86. The minimum Gasteiger partial charge on any atom is -0.389 e. The van der Waals surface area contributed by atoms with E-state index in [1.807, 2.05) is 6.92 Å². The molecule has 0 aliphatic rings. The van der Waals surface area contributed by atoms with Gasteiger partial charge in [-0.05, 0) is 32.4 Å². The lowest BCUT2D eigenvalue weighted by Gasteiger charge is -2.28. The van der Waals surface area contributed by atoms with E-state index in [0.29, 0.717) is 18.9 Å². The average molecular weight is 265 g/mol. The van der Waals surface area contributed by atoms with Crippen LogP contribution in [0.15, 0.2) is 0 Å². The zero-order valence-corrected chi connectivity index (χ0v) is 10.9. The third-order valence-corrected chi connectivity index (χ3v) is 2.27. The highest BCUT2D eigenvalue weighted by atomic mass is 35.5. The van der Waals surface area contributed by atoms with E-state index in [9.17, 15) is 5.11 Å². The smallest absolute Gasteiger partial charge is 0.245 e. The highest BCUT2D eigenvalue weighted by Gasteiger charge is 2.21. The fourth-order valence-electron chi connectivity index (χ4n) is 1.29. The van der Waals surface area contributed by atoms with Crippen molar-refractivity contribution in [2.24, 2.45) is 0 Å². The summed E-state index contributed by atoms with van der Waals surface area (Å²) < 4.78 is 0. The third-order valence-electron chi connectivity index (χ3n) is 1.86. The summed E-state index contributed by atoms with van der Waals surface area (Å²) in [5.41, 5.74) is -0.850. The van der Waals surface area contributed by atoms with Crippen molar-refractivity contribution in [3.05, 3.63) is 10.4 Å². The van der Waals surface area contributed by atoms with Gasteiger partial charge in [-0.3, -0.25) is 0 Å². The van der Waals surface area contributed by atoms with Crippen LogP contribution in [0.2, 0.25) is 10.4 Å².